The van der Waals surface area contributed by atoms with Gasteiger partial charge in [-0.3, -0.25) is 10.1 Å². The van der Waals surface area contributed by atoms with Crippen LogP contribution in [0, 0.1) is 13.8 Å². The molecule has 26 heavy (non-hydrogen) atoms. The monoisotopic (exact) mass is 361 g/mol. The van der Waals surface area contributed by atoms with E-state index in [2.05, 4.69) is 57.9 Å². The van der Waals surface area contributed by atoms with Gasteiger partial charge in [-0.2, -0.15) is 5.10 Å². The van der Waals surface area contributed by atoms with Gasteiger partial charge in [-0.15, -0.1) is 0 Å². The van der Waals surface area contributed by atoms with Gasteiger partial charge in [0.25, 0.3) is 0 Å². The molecule has 0 fully saturated rings. The first-order chi connectivity index (χ1) is 12.5. The Labute approximate surface area is 156 Å². The third-order valence-corrected chi connectivity index (χ3v) is 4.70. The first kappa shape index (κ1) is 16.5. The van der Waals surface area contributed by atoms with E-state index in [1.165, 1.54) is 11.4 Å². The van der Waals surface area contributed by atoms with E-state index in [4.69, 9.17) is 18.0 Å². The van der Waals surface area contributed by atoms with E-state index in [1.54, 1.807) is 0 Å². The summed E-state index contributed by atoms with van der Waals surface area (Å²) in [6.07, 6.45) is 2.32. The van der Waals surface area contributed by atoms with Crippen LogP contribution in [0.1, 0.15) is 17.1 Å². The number of aryl methyl sites for hydroxylation is 2. The molecular weight excluding hydrogens is 342 g/mol. The minimum Gasteiger partial charge on any atom is -0.393 e. The van der Waals surface area contributed by atoms with Crippen LogP contribution in [0.4, 0.5) is 0 Å². The number of H-pyrrole nitrogens is 1. The Hall–Kier alpha value is -2.99. The number of fused-ring (bicyclic) bond motifs is 1. The van der Waals surface area contributed by atoms with Gasteiger partial charge in [0.05, 0.1) is 21.9 Å². The molecular formula is C20H19N5S. The summed E-state index contributed by atoms with van der Waals surface area (Å²) in [5.74, 6) is 0. The number of pyridine rings is 1. The molecule has 0 aliphatic heterocycles. The molecule has 3 heterocycles. The number of nitrogens with zero attached hydrogens (tertiary/aromatic N) is 3. The number of nitrogens with two attached hydrogens (primary N) is 1. The lowest BCUT2D eigenvalue weighted by molar-refractivity contribution is 0.959. The summed E-state index contributed by atoms with van der Waals surface area (Å²) >= 11 is 5.05. The van der Waals surface area contributed by atoms with Crippen LogP contribution in [0.5, 0.6) is 0 Å². The number of aromatic amines is 1. The molecule has 1 aromatic carbocycles. The normalized spacial score (nSPS) is 11.2. The Kier molecular flexibility index (Phi) is 4.05. The van der Waals surface area contributed by atoms with Crippen molar-refractivity contribution in [2.24, 2.45) is 5.73 Å². The SMILES string of the molecule is Cc1ccc(C)n1-c1cccnc1-c1ccc2n[nH]c(CC(N)=S)c2c1. The topological polar surface area (TPSA) is 72.5 Å². The molecule has 0 saturated heterocycles. The van der Waals surface area contributed by atoms with E-state index in [0.29, 0.717) is 11.4 Å². The first-order valence-corrected chi connectivity index (χ1v) is 8.81. The van der Waals surface area contributed by atoms with E-state index < -0.39 is 0 Å². The lowest BCUT2D eigenvalue weighted by Crippen LogP contribution is -2.11. The van der Waals surface area contributed by atoms with Gasteiger partial charge in [0.1, 0.15) is 0 Å². The number of rotatable bonds is 4. The molecule has 5 nitrogen and oxygen atoms in total. The maximum atomic E-state index is 5.71. The van der Waals surface area contributed by atoms with Gasteiger partial charge in [0.2, 0.25) is 0 Å². The highest BCUT2D eigenvalue weighted by Crippen LogP contribution is 2.30. The van der Waals surface area contributed by atoms with E-state index in [1.807, 2.05) is 24.4 Å². The average Bonchev–Trinajstić information content (AvgIpc) is 3.17. The van der Waals surface area contributed by atoms with Crippen molar-refractivity contribution >= 4 is 28.1 Å². The predicted molar refractivity (Wildman–Crippen MR) is 109 cm³/mol. The summed E-state index contributed by atoms with van der Waals surface area (Å²) in [6, 6.07) is 14.4. The zero-order valence-corrected chi connectivity index (χ0v) is 15.5. The summed E-state index contributed by atoms with van der Waals surface area (Å²) < 4.78 is 2.22. The maximum absolute atomic E-state index is 5.71. The largest absolute Gasteiger partial charge is 0.393 e. The maximum Gasteiger partial charge on any atom is 0.0942 e. The zero-order valence-electron chi connectivity index (χ0n) is 14.7. The van der Waals surface area contributed by atoms with Gasteiger partial charge in [0.15, 0.2) is 0 Å². The number of hydrogen-bond donors (Lipinski definition) is 2. The lowest BCUT2D eigenvalue weighted by atomic mass is 10.0. The quantitative estimate of drug-likeness (QED) is 0.541. The van der Waals surface area contributed by atoms with Gasteiger partial charge in [-0.25, -0.2) is 0 Å². The van der Waals surface area contributed by atoms with Crippen LogP contribution >= 0.6 is 12.2 Å². The molecule has 4 rings (SSSR count). The molecule has 0 atom stereocenters. The van der Waals surface area contributed by atoms with Gasteiger partial charge in [0, 0.05) is 40.6 Å². The molecule has 0 unspecified atom stereocenters. The summed E-state index contributed by atoms with van der Waals surface area (Å²) in [5.41, 5.74) is 12.9. The second kappa shape index (κ2) is 6.38. The van der Waals surface area contributed by atoms with Gasteiger partial charge in [-0.05, 0) is 50.2 Å². The lowest BCUT2D eigenvalue weighted by Gasteiger charge is -2.14. The van der Waals surface area contributed by atoms with E-state index in [9.17, 15) is 0 Å². The van der Waals surface area contributed by atoms with E-state index in [-0.39, 0.29) is 0 Å². The number of hydrogen-bond acceptors (Lipinski definition) is 3. The fraction of sp³-hybridized carbons (Fsp3) is 0.150. The van der Waals surface area contributed by atoms with Gasteiger partial charge < -0.3 is 10.3 Å². The summed E-state index contributed by atoms with van der Waals surface area (Å²) in [6.45, 7) is 4.20. The van der Waals surface area contributed by atoms with Crippen molar-refractivity contribution in [2.45, 2.75) is 20.3 Å². The van der Waals surface area contributed by atoms with Crippen molar-refractivity contribution in [3.63, 3.8) is 0 Å². The minimum atomic E-state index is 0.443. The fourth-order valence-electron chi connectivity index (χ4n) is 3.37. The van der Waals surface area contributed by atoms with Crippen LogP contribution in [0.3, 0.4) is 0 Å². The third kappa shape index (κ3) is 2.78. The number of nitrogens with one attached hydrogen (secondary N) is 1. The highest BCUT2D eigenvalue weighted by Gasteiger charge is 2.14. The summed E-state index contributed by atoms with van der Waals surface area (Å²) in [7, 11) is 0. The van der Waals surface area contributed by atoms with Crippen LogP contribution < -0.4 is 5.73 Å². The van der Waals surface area contributed by atoms with Crippen LogP contribution in [0.2, 0.25) is 0 Å². The Bertz CT molecular complexity index is 1100. The summed E-state index contributed by atoms with van der Waals surface area (Å²) in [4.78, 5) is 5.11. The van der Waals surface area contributed by atoms with Crippen molar-refractivity contribution in [2.75, 3.05) is 0 Å². The Morgan fingerprint density at radius 1 is 1.15 bits per heavy atom. The molecule has 0 aliphatic carbocycles. The molecule has 0 spiro atoms. The van der Waals surface area contributed by atoms with Crippen molar-refractivity contribution in [1.82, 2.24) is 19.7 Å². The molecule has 6 heteroatoms. The van der Waals surface area contributed by atoms with Crippen molar-refractivity contribution in [3.05, 3.63) is 65.7 Å². The van der Waals surface area contributed by atoms with Crippen molar-refractivity contribution in [1.29, 1.82) is 0 Å². The third-order valence-electron chi connectivity index (χ3n) is 4.56. The van der Waals surface area contributed by atoms with E-state index in [0.717, 1.165) is 33.5 Å². The first-order valence-electron chi connectivity index (χ1n) is 8.40. The molecule has 0 radical (unpaired) electrons. The molecule has 0 bridgehead atoms. The number of aromatic nitrogens is 4. The number of benzene rings is 1. The standard InChI is InChI=1S/C20H19N5S/c1-12-5-6-13(2)25(12)18-4-3-9-22-20(18)14-7-8-16-15(10-14)17(24-23-16)11-19(21)26/h3-10H,11H2,1-2H3,(H2,21,26)(H,23,24). The number of thiocarbonyl (C=S) groups is 1. The van der Waals surface area contributed by atoms with E-state index >= 15 is 0 Å². The molecule has 130 valence electrons. The van der Waals surface area contributed by atoms with Crippen molar-refractivity contribution in [3.8, 4) is 16.9 Å². The van der Waals surface area contributed by atoms with Gasteiger partial charge >= 0.3 is 0 Å². The molecule has 3 aromatic heterocycles. The smallest absolute Gasteiger partial charge is 0.0942 e. The Morgan fingerprint density at radius 2 is 1.92 bits per heavy atom. The minimum absolute atomic E-state index is 0.443. The van der Waals surface area contributed by atoms with Crippen LogP contribution in [0.15, 0.2) is 48.7 Å². The molecule has 0 amide bonds. The van der Waals surface area contributed by atoms with Crippen LogP contribution in [0.25, 0.3) is 27.8 Å². The Balaban J connectivity index is 1.90. The van der Waals surface area contributed by atoms with Crippen molar-refractivity contribution < 1.29 is 0 Å². The predicted octanol–water partition coefficient (Wildman–Crippen LogP) is 3.86. The highest BCUT2D eigenvalue weighted by molar-refractivity contribution is 7.80. The highest BCUT2D eigenvalue weighted by atomic mass is 32.1. The second-order valence-electron chi connectivity index (χ2n) is 6.40. The molecule has 4 aromatic rings. The van der Waals surface area contributed by atoms with Crippen LogP contribution in [-0.2, 0) is 6.42 Å². The molecule has 0 saturated carbocycles. The zero-order chi connectivity index (χ0) is 18.3. The Morgan fingerprint density at radius 3 is 2.65 bits per heavy atom. The fourth-order valence-corrected chi connectivity index (χ4v) is 3.51. The molecule has 3 N–H and O–H groups in total. The second-order valence-corrected chi connectivity index (χ2v) is 6.92. The van der Waals surface area contributed by atoms with Crippen LogP contribution in [-0.4, -0.2) is 24.7 Å². The van der Waals surface area contributed by atoms with Gasteiger partial charge in [-0.1, -0.05) is 18.3 Å². The molecule has 0 aliphatic rings. The summed E-state index contributed by atoms with van der Waals surface area (Å²) in [5, 5.41) is 8.40. The average molecular weight is 361 g/mol.